The maximum atomic E-state index is 11.8. The molecule has 0 atom stereocenters. The first kappa shape index (κ1) is 15.6. The van der Waals surface area contributed by atoms with E-state index in [2.05, 4.69) is 20.6 Å². The summed E-state index contributed by atoms with van der Waals surface area (Å²) in [6.07, 6.45) is 3.40. The topological polar surface area (TPSA) is 84.0 Å². The zero-order valence-electron chi connectivity index (χ0n) is 12.6. The van der Waals surface area contributed by atoms with Crippen molar-refractivity contribution in [1.82, 2.24) is 9.97 Å². The third-order valence-electron chi connectivity index (χ3n) is 3.11. The molecule has 6 nitrogen and oxygen atoms in total. The van der Waals surface area contributed by atoms with Gasteiger partial charge in [0.15, 0.2) is 0 Å². The molecular weight excluding hydrogens is 280 g/mol. The zero-order chi connectivity index (χ0) is 15.9. The molecule has 0 aliphatic carbocycles. The Labute approximate surface area is 129 Å². The number of carbonyl (C=O) groups is 2. The van der Waals surface area contributed by atoms with E-state index in [1.54, 1.807) is 24.5 Å². The van der Waals surface area contributed by atoms with Crippen molar-refractivity contribution < 1.29 is 9.59 Å². The normalized spacial score (nSPS) is 10.1. The van der Waals surface area contributed by atoms with Gasteiger partial charge in [0.25, 0.3) is 0 Å². The first-order valence-electron chi connectivity index (χ1n) is 6.99. The van der Waals surface area contributed by atoms with Gasteiger partial charge in [-0.05, 0) is 37.1 Å². The highest BCUT2D eigenvalue weighted by molar-refractivity contribution is 5.96. The van der Waals surface area contributed by atoms with Crippen molar-refractivity contribution in [1.29, 1.82) is 0 Å². The number of pyridine rings is 2. The summed E-state index contributed by atoms with van der Waals surface area (Å²) in [5.74, 6) is 0.561. The van der Waals surface area contributed by atoms with E-state index in [-0.39, 0.29) is 24.7 Å². The largest absolute Gasteiger partial charge is 0.310 e. The predicted molar refractivity (Wildman–Crippen MR) is 84.4 cm³/mol. The van der Waals surface area contributed by atoms with Gasteiger partial charge in [0.1, 0.15) is 11.6 Å². The average molecular weight is 298 g/mol. The van der Waals surface area contributed by atoms with Gasteiger partial charge in [-0.25, -0.2) is 9.97 Å². The number of aryl methyl sites for hydroxylation is 2. The Morgan fingerprint density at radius 1 is 0.864 bits per heavy atom. The van der Waals surface area contributed by atoms with Crippen LogP contribution < -0.4 is 10.6 Å². The molecule has 0 fully saturated rings. The third-order valence-corrected chi connectivity index (χ3v) is 3.11. The summed E-state index contributed by atoms with van der Waals surface area (Å²) in [7, 11) is 0. The number of hydrogen-bond acceptors (Lipinski definition) is 4. The molecule has 2 rings (SSSR count). The van der Waals surface area contributed by atoms with E-state index in [1.807, 2.05) is 26.0 Å². The van der Waals surface area contributed by atoms with Crippen molar-refractivity contribution in [3.63, 3.8) is 0 Å². The first-order chi connectivity index (χ1) is 10.6. The Bertz CT molecular complexity index is 626. The van der Waals surface area contributed by atoms with E-state index in [0.29, 0.717) is 11.6 Å². The smallest absolute Gasteiger partial charge is 0.226 e. The van der Waals surface area contributed by atoms with Gasteiger partial charge in [0.05, 0.1) is 0 Å². The quantitative estimate of drug-likeness (QED) is 0.888. The van der Waals surface area contributed by atoms with E-state index < -0.39 is 0 Å². The molecule has 6 heteroatoms. The standard InChI is InChI=1S/C16H18N4O2/c1-11-5-3-9-17-15(11)19-13(21)7-8-14(22)20-16-12(2)6-4-10-18-16/h3-6,9-10H,7-8H2,1-2H3,(H,17,19,21)(H,18,20,22). The summed E-state index contributed by atoms with van der Waals surface area (Å²) in [6, 6.07) is 7.32. The number of carbonyl (C=O) groups excluding carboxylic acids is 2. The first-order valence-corrected chi connectivity index (χ1v) is 6.99. The molecule has 22 heavy (non-hydrogen) atoms. The van der Waals surface area contributed by atoms with Gasteiger partial charge >= 0.3 is 0 Å². The lowest BCUT2D eigenvalue weighted by Crippen LogP contribution is -2.19. The van der Waals surface area contributed by atoms with Crippen molar-refractivity contribution in [3.05, 3.63) is 47.8 Å². The van der Waals surface area contributed by atoms with Crippen LogP contribution in [0.15, 0.2) is 36.7 Å². The minimum atomic E-state index is -0.241. The second-order valence-corrected chi connectivity index (χ2v) is 4.93. The van der Waals surface area contributed by atoms with Gasteiger partial charge in [-0.2, -0.15) is 0 Å². The van der Waals surface area contributed by atoms with Crippen LogP contribution in [0, 0.1) is 13.8 Å². The van der Waals surface area contributed by atoms with E-state index in [1.165, 1.54) is 0 Å². The summed E-state index contributed by atoms with van der Waals surface area (Å²) in [5, 5.41) is 5.39. The molecule has 0 aromatic carbocycles. The van der Waals surface area contributed by atoms with Crippen LogP contribution in [0.1, 0.15) is 24.0 Å². The Kier molecular flexibility index (Phi) is 5.19. The van der Waals surface area contributed by atoms with E-state index in [4.69, 9.17) is 0 Å². The fourth-order valence-electron chi connectivity index (χ4n) is 1.85. The SMILES string of the molecule is Cc1cccnc1NC(=O)CCC(=O)Nc1ncccc1C. The van der Waals surface area contributed by atoms with Crippen LogP contribution in [-0.4, -0.2) is 21.8 Å². The number of hydrogen-bond donors (Lipinski definition) is 2. The summed E-state index contributed by atoms with van der Waals surface area (Å²) >= 11 is 0. The minimum absolute atomic E-state index is 0.0910. The Morgan fingerprint density at radius 3 is 1.64 bits per heavy atom. The van der Waals surface area contributed by atoms with Crippen LogP contribution in [0.2, 0.25) is 0 Å². The Balaban J connectivity index is 1.82. The highest BCUT2D eigenvalue weighted by atomic mass is 16.2. The molecule has 2 aromatic heterocycles. The molecule has 0 unspecified atom stereocenters. The van der Waals surface area contributed by atoms with E-state index in [0.717, 1.165) is 11.1 Å². The van der Waals surface area contributed by atoms with Gasteiger partial charge in [0.2, 0.25) is 11.8 Å². The number of rotatable bonds is 5. The van der Waals surface area contributed by atoms with Crippen LogP contribution in [0.25, 0.3) is 0 Å². The van der Waals surface area contributed by atoms with Gasteiger partial charge in [-0.15, -0.1) is 0 Å². The summed E-state index contributed by atoms with van der Waals surface area (Å²) < 4.78 is 0. The second kappa shape index (κ2) is 7.31. The zero-order valence-corrected chi connectivity index (χ0v) is 12.6. The van der Waals surface area contributed by atoms with Gasteiger partial charge < -0.3 is 10.6 Å². The maximum absolute atomic E-state index is 11.8. The molecule has 2 heterocycles. The van der Waals surface area contributed by atoms with Crippen LogP contribution in [-0.2, 0) is 9.59 Å². The maximum Gasteiger partial charge on any atom is 0.226 e. The van der Waals surface area contributed by atoms with Crippen LogP contribution >= 0.6 is 0 Å². The molecule has 2 N–H and O–H groups in total. The lowest BCUT2D eigenvalue weighted by molar-refractivity contribution is -0.121. The number of amides is 2. The highest BCUT2D eigenvalue weighted by Gasteiger charge is 2.10. The summed E-state index contributed by atoms with van der Waals surface area (Å²) in [6.45, 7) is 3.72. The van der Waals surface area contributed by atoms with Gasteiger partial charge in [-0.3, -0.25) is 9.59 Å². The third kappa shape index (κ3) is 4.37. The number of nitrogens with zero attached hydrogens (tertiary/aromatic N) is 2. The second-order valence-electron chi connectivity index (χ2n) is 4.93. The molecule has 2 amide bonds. The number of aromatic nitrogens is 2. The van der Waals surface area contributed by atoms with Crippen LogP contribution in [0.3, 0.4) is 0 Å². The summed E-state index contributed by atoms with van der Waals surface area (Å²) in [5.41, 5.74) is 1.76. The molecule has 0 saturated carbocycles. The lowest BCUT2D eigenvalue weighted by Gasteiger charge is -2.08. The number of nitrogens with one attached hydrogen (secondary N) is 2. The predicted octanol–water partition coefficient (Wildman–Crippen LogP) is 2.45. The van der Waals surface area contributed by atoms with Crippen molar-refractivity contribution in [2.24, 2.45) is 0 Å². The molecule has 0 radical (unpaired) electrons. The molecule has 0 aliphatic heterocycles. The van der Waals surface area contributed by atoms with E-state index in [9.17, 15) is 9.59 Å². The van der Waals surface area contributed by atoms with Gasteiger partial charge in [0, 0.05) is 25.2 Å². The lowest BCUT2D eigenvalue weighted by atomic mass is 10.2. The van der Waals surface area contributed by atoms with Crippen molar-refractivity contribution in [2.75, 3.05) is 10.6 Å². The van der Waals surface area contributed by atoms with Crippen molar-refractivity contribution in [3.8, 4) is 0 Å². The molecule has 0 aliphatic rings. The van der Waals surface area contributed by atoms with Gasteiger partial charge in [-0.1, -0.05) is 12.1 Å². The average Bonchev–Trinajstić information content (AvgIpc) is 2.50. The minimum Gasteiger partial charge on any atom is -0.310 e. The fourth-order valence-corrected chi connectivity index (χ4v) is 1.85. The van der Waals surface area contributed by atoms with Crippen molar-refractivity contribution >= 4 is 23.5 Å². The van der Waals surface area contributed by atoms with E-state index >= 15 is 0 Å². The monoisotopic (exact) mass is 298 g/mol. The summed E-state index contributed by atoms with van der Waals surface area (Å²) in [4.78, 5) is 31.8. The Morgan fingerprint density at radius 2 is 1.27 bits per heavy atom. The van der Waals surface area contributed by atoms with Crippen LogP contribution in [0.4, 0.5) is 11.6 Å². The number of anilines is 2. The van der Waals surface area contributed by atoms with Crippen molar-refractivity contribution in [2.45, 2.75) is 26.7 Å². The molecule has 114 valence electrons. The molecular formula is C16H18N4O2. The van der Waals surface area contributed by atoms with Crippen LogP contribution in [0.5, 0.6) is 0 Å². The fraction of sp³-hybridized carbons (Fsp3) is 0.250. The molecule has 0 bridgehead atoms. The molecule has 0 spiro atoms. The molecule has 2 aromatic rings. The molecule has 0 saturated heterocycles. The Hall–Kier alpha value is -2.76. The highest BCUT2D eigenvalue weighted by Crippen LogP contribution is 2.11.